The maximum atomic E-state index is 13.5. The molecule has 144 valence electrons. The Morgan fingerprint density at radius 3 is 2.66 bits per heavy atom. The molecule has 0 N–H and O–H groups in total. The Hall–Kier alpha value is -2.96. The first-order chi connectivity index (χ1) is 14.0. The van der Waals surface area contributed by atoms with Gasteiger partial charge in [-0.05, 0) is 54.8 Å². The molecule has 1 aliphatic rings. The Kier molecular flexibility index (Phi) is 4.08. The van der Waals surface area contributed by atoms with Crippen molar-refractivity contribution in [3.05, 3.63) is 91.2 Å². The minimum atomic E-state index is -0.649. The summed E-state index contributed by atoms with van der Waals surface area (Å²) in [5.41, 5.74) is 3.25. The molecule has 2 aromatic heterocycles. The number of aromatic nitrogens is 1. The Balaban J connectivity index is 1.85. The summed E-state index contributed by atoms with van der Waals surface area (Å²) in [6.07, 6.45) is 1.63. The van der Waals surface area contributed by atoms with Crippen LogP contribution in [0.4, 0.5) is 5.13 Å². The molecule has 3 heterocycles. The molecule has 0 fully saturated rings. The first-order valence-electron chi connectivity index (χ1n) is 9.02. The lowest BCUT2D eigenvalue weighted by Gasteiger charge is -2.22. The Morgan fingerprint density at radius 2 is 1.93 bits per heavy atom. The van der Waals surface area contributed by atoms with Gasteiger partial charge in [0.1, 0.15) is 5.58 Å². The van der Waals surface area contributed by atoms with E-state index < -0.39 is 6.04 Å². The molecule has 4 aromatic rings. The van der Waals surface area contributed by atoms with Crippen molar-refractivity contribution >= 4 is 44.9 Å². The van der Waals surface area contributed by atoms with Crippen molar-refractivity contribution in [2.24, 2.45) is 0 Å². The second kappa shape index (κ2) is 6.54. The highest BCUT2D eigenvalue weighted by Gasteiger charge is 2.44. The summed E-state index contributed by atoms with van der Waals surface area (Å²) in [7, 11) is 0. The number of benzene rings is 2. The number of hydrogen-bond donors (Lipinski definition) is 0. The second-order valence-electron chi connectivity index (χ2n) is 7.05. The highest BCUT2D eigenvalue weighted by atomic mass is 35.5. The average molecular weight is 423 g/mol. The fourth-order valence-corrected chi connectivity index (χ4v) is 4.62. The molecular weight excluding hydrogens is 408 g/mol. The Labute approximate surface area is 175 Å². The van der Waals surface area contributed by atoms with Gasteiger partial charge < -0.3 is 4.42 Å². The highest BCUT2D eigenvalue weighted by Crippen LogP contribution is 2.42. The van der Waals surface area contributed by atoms with Crippen molar-refractivity contribution in [1.82, 2.24) is 4.98 Å². The van der Waals surface area contributed by atoms with Crippen LogP contribution >= 0.6 is 22.9 Å². The number of aryl methyl sites for hydroxylation is 2. The van der Waals surface area contributed by atoms with E-state index in [9.17, 15) is 9.59 Å². The number of fused-ring (bicyclic) bond motifs is 2. The number of carbonyl (C=O) groups is 1. The Morgan fingerprint density at radius 1 is 1.14 bits per heavy atom. The van der Waals surface area contributed by atoms with Crippen molar-refractivity contribution in [3.8, 4) is 0 Å². The third-order valence-corrected chi connectivity index (χ3v) is 6.28. The van der Waals surface area contributed by atoms with Gasteiger partial charge in [-0.15, -0.1) is 11.3 Å². The van der Waals surface area contributed by atoms with Crippen molar-refractivity contribution in [3.63, 3.8) is 0 Å². The predicted molar refractivity (Wildman–Crippen MR) is 114 cm³/mol. The zero-order valence-corrected chi connectivity index (χ0v) is 17.2. The maximum Gasteiger partial charge on any atom is 0.297 e. The molecule has 5 nitrogen and oxygen atoms in total. The monoisotopic (exact) mass is 422 g/mol. The van der Waals surface area contributed by atoms with E-state index in [1.165, 1.54) is 16.2 Å². The van der Waals surface area contributed by atoms with Crippen LogP contribution in [-0.4, -0.2) is 10.9 Å². The molecule has 29 heavy (non-hydrogen) atoms. The van der Waals surface area contributed by atoms with Crippen LogP contribution in [0.1, 0.15) is 38.9 Å². The van der Waals surface area contributed by atoms with E-state index in [-0.39, 0.29) is 17.1 Å². The lowest BCUT2D eigenvalue weighted by atomic mass is 9.97. The number of anilines is 1. The summed E-state index contributed by atoms with van der Waals surface area (Å²) in [6.45, 7) is 3.89. The number of hydrogen-bond acceptors (Lipinski definition) is 5. The molecule has 0 unspecified atom stereocenters. The van der Waals surface area contributed by atoms with Crippen LogP contribution in [0.25, 0.3) is 11.0 Å². The molecular formula is C22H15ClN2O3S. The van der Waals surface area contributed by atoms with Crippen LogP contribution in [0.3, 0.4) is 0 Å². The van der Waals surface area contributed by atoms with Crippen molar-refractivity contribution < 1.29 is 9.21 Å². The van der Waals surface area contributed by atoms with Crippen LogP contribution in [0.15, 0.2) is 57.2 Å². The molecule has 1 amide bonds. The van der Waals surface area contributed by atoms with Gasteiger partial charge in [0.05, 0.1) is 17.0 Å². The summed E-state index contributed by atoms with van der Waals surface area (Å²) in [5.74, 6) is -0.317. The van der Waals surface area contributed by atoms with Crippen LogP contribution in [0.2, 0.25) is 5.02 Å². The molecule has 0 aliphatic carbocycles. The minimum Gasteiger partial charge on any atom is -0.450 e. The average Bonchev–Trinajstić information content (AvgIpc) is 3.30. The van der Waals surface area contributed by atoms with Crippen LogP contribution in [0.5, 0.6) is 0 Å². The van der Waals surface area contributed by atoms with Crippen LogP contribution in [-0.2, 0) is 0 Å². The first-order valence-corrected chi connectivity index (χ1v) is 10.3. The number of rotatable bonds is 2. The molecule has 0 spiro atoms. The van der Waals surface area contributed by atoms with Crippen LogP contribution < -0.4 is 10.3 Å². The molecule has 0 bridgehead atoms. The molecule has 0 saturated carbocycles. The van der Waals surface area contributed by atoms with Crippen molar-refractivity contribution in [2.75, 3.05) is 4.90 Å². The number of thiazole rings is 1. The van der Waals surface area contributed by atoms with Gasteiger partial charge >= 0.3 is 0 Å². The third-order valence-electron chi connectivity index (χ3n) is 5.28. The number of halogens is 1. The zero-order chi connectivity index (χ0) is 20.3. The van der Waals surface area contributed by atoms with Crippen molar-refractivity contribution in [1.29, 1.82) is 0 Å². The molecule has 7 heteroatoms. The predicted octanol–water partition coefficient (Wildman–Crippen LogP) is 5.27. The molecule has 1 atom stereocenters. The zero-order valence-electron chi connectivity index (χ0n) is 15.6. The molecule has 2 aromatic carbocycles. The lowest BCUT2D eigenvalue weighted by Crippen LogP contribution is -2.29. The topological polar surface area (TPSA) is 63.4 Å². The van der Waals surface area contributed by atoms with E-state index in [0.717, 1.165) is 16.7 Å². The molecule has 0 saturated heterocycles. The number of amides is 1. The van der Waals surface area contributed by atoms with Crippen LogP contribution in [0, 0.1) is 13.8 Å². The van der Waals surface area contributed by atoms with Gasteiger partial charge in [-0.3, -0.25) is 14.5 Å². The smallest absolute Gasteiger partial charge is 0.297 e. The quantitative estimate of drug-likeness (QED) is 0.441. The van der Waals surface area contributed by atoms with E-state index in [0.29, 0.717) is 26.7 Å². The van der Waals surface area contributed by atoms with Gasteiger partial charge in [0, 0.05) is 16.6 Å². The van der Waals surface area contributed by atoms with Gasteiger partial charge in [0.15, 0.2) is 10.6 Å². The second-order valence-corrected chi connectivity index (χ2v) is 8.36. The summed E-state index contributed by atoms with van der Waals surface area (Å²) in [5, 5.41) is 3.29. The molecule has 0 radical (unpaired) electrons. The van der Waals surface area contributed by atoms with Gasteiger partial charge in [0.25, 0.3) is 5.91 Å². The summed E-state index contributed by atoms with van der Waals surface area (Å²) >= 11 is 7.54. The van der Waals surface area contributed by atoms with E-state index in [4.69, 9.17) is 16.0 Å². The highest BCUT2D eigenvalue weighted by molar-refractivity contribution is 7.13. The van der Waals surface area contributed by atoms with E-state index in [1.54, 1.807) is 35.8 Å². The fourth-order valence-electron chi connectivity index (χ4n) is 3.75. The van der Waals surface area contributed by atoms with Gasteiger partial charge in [0.2, 0.25) is 5.76 Å². The normalized spacial score (nSPS) is 15.9. The summed E-state index contributed by atoms with van der Waals surface area (Å²) < 4.78 is 6.00. The van der Waals surface area contributed by atoms with Gasteiger partial charge in [-0.1, -0.05) is 23.7 Å². The number of nitrogens with zero attached hydrogens (tertiary/aromatic N) is 2. The van der Waals surface area contributed by atoms with Gasteiger partial charge in [-0.25, -0.2) is 4.98 Å². The van der Waals surface area contributed by atoms with E-state index in [1.807, 2.05) is 26.0 Å². The molecule has 5 rings (SSSR count). The largest absolute Gasteiger partial charge is 0.450 e. The number of carbonyl (C=O) groups excluding carboxylic acids is 1. The standard InChI is InChI=1S/C22H15ClN2O3S/c1-11-8-15-16(9-12(11)2)28-20-17(19(15)26)18(13-4-3-5-14(23)10-13)25(21(20)27)22-24-6-7-29-22/h3-10,18H,1-2H3/t18-/m0/s1. The Bertz CT molecular complexity index is 1340. The SMILES string of the molecule is Cc1cc2oc3c(c(=O)c2cc1C)[C@H](c1cccc(Cl)c1)N(c1nccs1)C3=O. The third kappa shape index (κ3) is 2.71. The summed E-state index contributed by atoms with van der Waals surface area (Å²) in [6, 6.07) is 10.2. The maximum absolute atomic E-state index is 13.5. The van der Waals surface area contributed by atoms with E-state index in [2.05, 4.69) is 4.98 Å². The van der Waals surface area contributed by atoms with Crippen molar-refractivity contribution in [2.45, 2.75) is 19.9 Å². The lowest BCUT2D eigenvalue weighted by molar-refractivity contribution is 0.0971. The minimum absolute atomic E-state index is 0.0610. The van der Waals surface area contributed by atoms with E-state index >= 15 is 0 Å². The molecule has 1 aliphatic heterocycles. The first kappa shape index (κ1) is 18.1. The summed E-state index contributed by atoms with van der Waals surface area (Å²) in [4.78, 5) is 32.7. The van der Waals surface area contributed by atoms with Gasteiger partial charge in [-0.2, -0.15) is 0 Å². The fraction of sp³-hybridized carbons (Fsp3) is 0.136.